The first-order chi connectivity index (χ1) is 18.9. The highest BCUT2D eigenvalue weighted by atomic mass is 32.2. The van der Waals surface area contributed by atoms with E-state index < -0.39 is 0 Å². The number of anilines is 1. The predicted molar refractivity (Wildman–Crippen MR) is 156 cm³/mol. The molecule has 0 spiro atoms. The lowest BCUT2D eigenvalue weighted by molar-refractivity contribution is -0.118. The number of benzene rings is 3. The maximum Gasteiger partial charge on any atom is 0.250 e. The fourth-order valence-corrected chi connectivity index (χ4v) is 4.72. The molecule has 202 valence electrons. The maximum absolute atomic E-state index is 12.6. The molecule has 4 rings (SSSR count). The van der Waals surface area contributed by atoms with E-state index in [0.717, 1.165) is 41.3 Å². The molecule has 1 heterocycles. The Bertz CT molecular complexity index is 1430. The van der Waals surface area contributed by atoms with E-state index in [2.05, 4.69) is 39.5 Å². The van der Waals surface area contributed by atoms with E-state index in [-0.39, 0.29) is 17.4 Å². The van der Waals surface area contributed by atoms with Gasteiger partial charge >= 0.3 is 0 Å². The molecule has 9 nitrogen and oxygen atoms in total. The number of carbonyl (C=O) groups excluding carboxylic acids is 1. The second-order valence-electron chi connectivity index (χ2n) is 8.70. The summed E-state index contributed by atoms with van der Waals surface area (Å²) in [6, 6.07) is 21.0. The van der Waals surface area contributed by atoms with Crippen LogP contribution in [0.3, 0.4) is 0 Å². The number of phenolic OH excluding ortho intramolecular Hbond substituents is 1. The Balaban J connectivity index is 1.46. The third-order valence-corrected chi connectivity index (χ3v) is 7.07. The molecule has 0 aliphatic carbocycles. The summed E-state index contributed by atoms with van der Waals surface area (Å²) in [7, 11) is 1.62. The van der Waals surface area contributed by atoms with Gasteiger partial charge in [-0.15, -0.1) is 10.2 Å². The van der Waals surface area contributed by atoms with Gasteiger partial charge in [0.2, 0.25) is 0 Å². The number of rotatable bonds is 11. The molecule has 2 N–H and O–H groups in total. The van der Waals surface area contributed by atoms with Gasteiger partial charge in [-0.25, -0.2) is 5.43 Å². The monoisotopic (exact) mass is 544 g/mol. The maximum atomic E-state index is 12.6. The summed E-state index contributed by atoms with van der Waals surface area (Å²) in [6.07, 6.45) is 1.43. The van der Waals surface area contributed by atoms with Gasteiger partial charge in [0.05, 0.1) is 19.1 Å². The smallest absolute Gasteiger partial charge is 0.250 e. The van der Waals surface area contributed by atoms with E-state index in [1.54, 1.807) is 19.2 Å². The number of aromatic nitrogens is 3. The van der Waals surface area contributed by atoms with Gasteiger partial charge in [-0.2, -0.15) is 5.10 Å². The Morgan fingerprint density at radius 2 is 1.79 bits per heavy atom. The first-order valence-corrected chi connectivity index (χ1v) is 13.6. The van der Waals surface area contributed by atoms with Crippen LogP contribution in [0.15, 0.2) is 77.0 Å². The van der Waals surface area contributed by atoms with Crippen LogP contribution in [0.25, 0.3) is 17.1 Å². The number of aryl methyl sites for hydroxylation is 1. The Morgan fingerprint density at radius 1 is 1.08 bits per heavy atom. The summed E-state index contributed by atoms with van der Waals surface area (Å²) >= 11 is 1.26. The molecule has 0 saturated heterocycles. The number of carbonyl (C=O) groups is 1. The summed E-state index contributed by atoms with van der Waals surface area (Å²) in [4.78, 5) is 14.7. The topological polar surface area (TPSA) is 105 Å². The van der Waals surface area contributed by atoms with Crippen molar-refractivity contribution in [2.24, 2.45) is 5.10 Å². The zero-order valence-electron chi connectivity index (χ0n) is 22.5. The van der Waals surface area contributed by atoms with Crippen LogP contribution in [0.1, 0.15) is 25.0 Å². The van der Waals surface area contributed by atoms with E-state index in [4.69, 9.17) is 4.74 Å². The van der Waals surface area contributed by atoms with Gasteiger partial charge in [-0.3, -0.25) is 9.36 Å². The summed E-state index contributed by atoms with van der Waals surface area (Å²) < 4.78 is 7.20. The number of aromatic hydroxyl groups is 1. The van der Waals surface area contributed by atoms with Crippen LogP contribution in [0, 0.1) is 6.92 Å². The van der Waals surface area contributed by atoms with Gasteiger partial charge in [0.15, 0.2) is 11.0 Å². The normalized spacial score (nSPS) is 11.1. The molecule has 0 fully saturated rings. The molecule has 0 saturated carbocycles. The van der Waals surface area contributed by atoms with Crippen molar-refractivity contribution in [3.8, 4) is 28.6 Å². The van der Waals surface area contributed by atoms with E-state index in [9.17, 15) is 9.90 Å². The Hall–Kier alpha value is -4.31. The Labute approximate surface area is 232 Å². The van der Waals surface area contributed by atoms with Gasteiger partial charge in [-0.05, 0) is 69.3 Å². The van der Waals surface area contributed by atoms with Crippen molar-refractivity contribution in [3.63, 3.8) is 0 Å². The van der Waals surface area contributed by atoms with Gasteiger partial charge in [0, 0.05) is 41.7 Å². The fourth-order valence-electron chi connectivity index (χ4n) is 3.98. The predicted octanol–water partition coefficient (Wildman–Crippen LogP) is 5.05. The molecule has 0 aliphatic rings. The van der Waals surface area contributed by atoms with Crippen LogP contribution in [-0.2, 0) is 4.79 Å². The van der Waals surface area contributed by atoms with Crippen LogP contribution in [0.4, 0.5) is 5.69 Å². The molecule has 3 aromatic carbocycles. The molecule has 1 amide bonds. The number of nitrogens with zero attached hydrogens (tertiary/aromatic N) is 5. The number of hydrogen-bond donors (Lipinski definition) is 2. The third kappa shape index (κ3) is 6.77. The Morgan fingerprint density at radius 3 is 2.44 bits per heavy atom. The molecular weight excluding hydrogens is 512 g/mol. The van der Waals surface area contributed by atoms with E-state index in [1.165, 1.54) is 18.0 Å². The molecule has 0 aliphatic heterocycles. The minimum Gasteiger partial charge on any atom is -0.507 e. The minimum absolute atomic E-state index is 0.0802. The average molecular weight is 545 g/mol. The van der Waals surface area contributed by atoms with Crippen molar-refractivity contribution in [1.82, 2.24) is 20.2 Å². The van der Waals surface area contributed by atoms with Crippen LogP contribution in [0.5, 0.6) is 11.5 Å². The minimum atomic E-state index is -0.306. The van der Waals surface area contributed by atoms with Gasteiger partial charge in [0.1, 0.15) is 11.5 Å². The highest BCUT2D eigenvalue weighted by Crippen LogP contribution is 2.29. The molecule has 0 atom stereocenters. The van der Waals surface area contributed by atoms with Crippen molar-refractivity contribution in [3.05, 3.63) is 77.9 Å². The first kappa shape index (κ1) is 27.7. The number of hydrazone groups is 1. The zero-order chi connectivity index (χ0) is 27.8. The molecule has 4 aromatic rings. The van der Waals surface area contributed by atoms with Gasteiger partial charge in [0.25, 0.3) is 5.91 Å². The Kier molecular flexibility index (Phi) is 9.22. The molecule has 1 aromatic heterocycles. The summed E-state index contributed by atoms with van der Waals surface area (Å²) in [5, 5.41) is 23.8. The summed E-state index contributed by atoms with van der Waals surface area (Å²) in [5.41, 5.74) is 6.87. The molecule has 10 heteroatoms. The number of ether oxygens (including phenoxy) is 1. The van der Waals surface area contributed by atoms with E-state index >= 15 is 0 Å². The largest absolute Gasteiger partial charge is 0.507 e. The SMILES string of the molecule is CCN(CC)c1ccc(/C=N\NC(=O)CSc2nnc(-c3ccc(OC)cc3)n2-c2ccc(C)cc2)c(O)c1. The molecule has 0 unspecified atom stereocenters. The second-order valence-corrected chi connectivity index (χ2v) is 9.65. The molecule has 0 radical (unpaired) electrons. The van der Waals surface area contributed by atoms with Crippen molar-refractivity contribution in [2.75, 3.05) is 30.9 Å². The number of nitrogens with one attached hydrogen (secondary N) is 1. The quantitative estimate of drug-likeness (QED) is 0.155. The average Bonchev–Trinajstić information content (AvgIpc) is 3.38. The number of thioether (sulfide) groups is 1. The van der Waals surface area contributed by atoms with Crippen molar-refractivity contribution in [1.29, 1.82) is 0 Å². The van der Waals surface area contributed by atoms with Gasteiger partial charge < -0.3 is 14.7 Å². The second kappa shape index (κ2) is 13.0. The molecule has 39 heavy (non-hydrogen) atoms. The molecule has 0 bridgehead atoms. The van der Waals surface area contributed by atoms with Crippen molar-refractivity contribution >= 4 is 29.6 Å². The van der Waals surface area contributed by atoms with Crippen LogP contribution < -0.4 is 15.1 Å². The van der Waals surface area contributed by atoms with Gasteiger partial charge in [-0.1, -0.05) is 29.5 Å². The van der Waals surface area contributed by atoms with E-state index in [0.29, 0.717) is 16.5 Å². The number of phenols is 1. The lowest BCUT2D eigenvalue weighted by atomic mass is 10.2. The number of amides is 1. The van der Waals surface area contributed by atoms with Crippen LogP contribution in [-0.4, -0.2) is 57.9 Å². The lowest BCUT2D eigenvalue weighted by Gasteiger charge is -2.21. The third-order valence-electron chi connectivity index (χ3n) is 6.14. The lowest BCUT2D eigenvalue weighted by Crippen LogP contribution is -2.21. The summed E-state index contributed by atoms with van der Waals surface area (Å²) in [6.45, 7) is 7.84. The van der Waals surface area contributed by atoms with Crippen molar-refractivity contribution in [2.45, 2.75) is 25.9 Å². The molecular formula is C29H32N6O3S. The van der Waals surface area contributed by atoms with Crippen LogP contribution in [0.2, 0.25) is 0 Å². The van der Waals surface area contributed by atoms with Crippen LogP contribution >= 0.6 is 11.8 Å². The standard InChI is InChI=1S/C29H32N6O3S/c1-5-34(6-2)24-14-9-22(26(36)17-24)18-30-31-27(37)19-39-29-33-32-28(21-10-15-25(38-4)16-11-21)35(29)23-12-7-20(3)8-13-23/h7-18,36H,5-6,19H2,1-4H3,(H,31,37)/b30-18-. The highest BCUT2D eigenvalue weighted by Gasteiger charge is 2.17. The van der Waals surface area contributed by atoms with E-state index in [1.807, 2.05) is 66.1 Å². The first-order valence-electron chi connectivity index (χ1n) is 12.6. The fraction of sp³-hybridized carbons (Fsp3) is 0.241. The number of hydrogen-bond acceptors (Lipinski definition) is 8. The van der Waals surface area contributed by atoms with Crippen molar-refractivity contribution < 1.29 is 14.6 Å². The zero-order valence-corrected chi connectivity index (χ0v) is 23.3. The highest BCUT2D eigenvalue weighted by molar-refractivity contribution is 7.99. The summed E-state index contributed by atoms with van der Waals surface area (Å²) in [5.74, 6) is 1.28. The number of methoxy groups -OCH3 is 1.